The van der Waals surface area contributed by atoms with Gasteiger partial charge in [0.05, 0.1) is 23.3 Å². The second-order valence-electron chi connectivity index (χ2n) is 6.26. The maximum absolute atomic E-state index is 13.0. The van der Waals surface area contributed by atoms with Gasteiger partial charge >= 0.3 is 5.97 Å². The first-order chi connectivity index (χ1) is 13.9. The zero-order valence-electron chi connectivity index (χ0n) is 16.1. The van der Waals surface area contributed by atoms with Crippen LogP contribution >= 0.6 is 0 Å². The highest BCUT2D eigenvalue weighted by molar-refractivity contribution is 7.92. The molecule has 0 heterocycles. The molecule has 0 saturated carbocycles. The molecule has 0 spiro atoms. The summed E-state index contributed by atoms with van der Waals surface area (Å²) >= 11 is 0. The number of carbonyl (C=O) groups excluding carboxylic acids is 1. The smallest absolute Gasteiger partial charge is 0.338 e. The standard InChI is InChI=1S/C22H21NO5S/c1-23(19-11-13-20(27-2)14-12-19)29(25,26)21-10-6-9-18(15-21)22(24)28-16-17-7-4-3-5-8-17/h3-15H,16H2,1-2H3. The maximum atomic E-state index is 13.0. The Bertz CT molecular complexity index is 1080. The summed E-state index contributed by atoms with van der Waals surface area (Å²) in [6.45, 7) is 0.113. The molecule has 0 atom stereocenters. The van der Waals surface area contributed by atoms with Gasteiger partial charge in [-0.25, -0.2) is 13.2 Å². The monoisotopic (exact) mass is 411 g/mol. The summed E-state index contributed by atoms with van der Waals surface area (Å²) in [6.07, 6.45) is 0. The summed E-state index contributed by atoms with van der Waals surface area (Å²) in [7, 11) is -0.855. The Hall–Kier alpha value is -3.32. The molecule has 0 unspecified atom stereocenters. The second kappa shape index (κ2) is 8.79. The van der Waals surface area contributed by atoms with Gasteiger partial charge in [0, 0.05) is 7.05 Å². The van der Waals surface area contributed by atoms with Gasteiger partial charge in [-0.05, 0) is 48.0 Å². The third-order valence-corrected chi connectivity index (χ3v) is 6.16. The Morgan fingerprint density at radius 3 is 2.28 bits per heavy atom. The number of rotatable bonds is 7. The number of carbonyl (C=O) groups is 1. The van der Waals surface area contributed by atoms with Gasteiger partial charge in [-0.1, -0.05) is 36.4 Å². The average Bonchev–Trinajstić information content (AvgIpc) is 2.77. The average molecular weight is 411 g/mol. The predicted molar refractivity (Wildman–Crippen MR) is 111 cm³/mol. The van der Waals surface area contributed by atoms with Crippen molar-refractivity contribution in [3.05, 3.63) is 90.0 Å². The van der Waals surface area contributed by atoms with E-state index in [0.717, 1.165) is 9.87 Å². The molecule has 0 aliphatic carbocycles. The van der Waals surface area contributed by atoms with Gasteiger partial charge in [0.25, 0.3) is 10.0 Å². The summed E-state index contributed by atoms with van der Waals surface area (Å²) in [5.74, 6) is 0.0423. The molecular formula is C22H21NO5S. The Kier molecular flexibility index (Phi) is 6.19. The highest BCUT2D eigenvalue weighted by atomic mass is 32.2. The first kappa shape index (κ1) is 20.4. The van der Waals surface area contributed by atoms with Crippen LogP contribution in [0.2, 0.25) is 0 Å². The number of methoxy groups -OCH3 is 1. The van der Waals surface area contributed by atoms with Crippen molar-refractivity contribution in [1.29, 1.82) is 0 Å². The van der Waals surface area contributed by atoms with Crippen LogP contribution in [0.3, 0.4) is 0 Å². The van der Waals surface area contributed by atoms with Gasteiger partial charge in [-0.3, -0.25) is 4.31 Å². The molecule has 0 fully saturated rings. The zero-order valence-corrected chi connectivity index (χ0v) is 16.9. The Morgan fingerprint density at radius 1 is 0.931 bits per heavy atom. The minimum absolute atomic E-state index is 0.00461. The molecule has 0 aromatic heterocycles. The third kappa shape index (κ3) is 4.75. The number of anilines is 1. The van der Waals surface area contributed by atoms with E-state index in [1.807, 2.05) is 30.3 Å². The minimum Gasteiger partial charge on any atom is -0.497 e. The van der Waals surface area contributed by atoms with Crippen LogP contribution in [0.25, 0.3) is 0 Å². The van der Waals surface area contributed by atoms with Crippen LogP contribution in [0.4, 0.5) is 5.69 Å². The number of hydrogen-bond acceptors (Lipinski definition) is 5. The lowest BCUT2D eigenvalue weighted by molar-refractivity contribution is 0.0472. The molecule has 0 aliphatic heterocycles. The van der Waals surface area contributed by atoms with Crippen LogP contribution in [0, 0.1) is 0 Å². The lowest BCUT2D eigenvalue weighted by Gasteiger charge is -2.20. The molecule has 0 N–H and O–H groups in total. The first-order valence-corrected chi connectivity index (χ1v) is 10.3. The summed E-state index contributed by atoms with van der Waals surface area (Å²) in [5, 5.41) is 0. The fourth-order valence-corrected chi connectivity index (χ4v) is 3.92. The lowest BCUT2D eigenvalue weighted by Crippen LogP contribution is -2.26. The van der Waals surface area contributed by atoms with Crippen molar-refractivity contribution < 1.29 is 22.7 Å². The van der Waals surface area contributed by atoms with Crippen LogP contribution in [-0.4, -0.2) is 28.5 Å². The summed E-state index contributed by atoms with van der Waals surface area (Å²) in [4.78, 5) is 12.4. The molecule has 6 nitrogen and oxygen atoms in total. The van der Waals surface area contributed by atoms with Crippen LogP contribution in [0.1, 0.15) is 15.9 Å². The third-order valence-electron chi connectivity index (χ3n) is 4.38. The van der Waals surface area contributed by atoms with Crippen molar-refractivity contribution in [2.45, 2.75) is 11.5 Å². The van der Waals surface area contributed by atoms with E-state index in [1.54, 1.807) is 24.3 Å². The fraction of sp³-hybridized carbons (Fsp3) is 0.136. The molecule has 0 amide bonds. The number of esters is 1. The van der Waals surface area contributed by atoms with Gasteiger partial charge in [-0.2, -0.15) is 0 Å². The quantitative estimate of drug-likeness (QED) is 0.552. The topological polar surface area (TPSA) is 72.9 Å². The predicted octanol–water partition coefficient (Wildman–Crippen LogP) is 3.88. The summed E-state index contributed by atoms with van der Waals surface area (Å²) in [6, 6.07) is 21.7. The van der Waals surface area contributed by atoms with Gasteiger partial charge in [0.2, 0.25) is 0 Å². The summed E-state index contributed by atoms with van der Waals surface area (Å²) < 4.78 is 37.5. The van der Waals surface area contributed by atoms with E-state index in [-0.39, 0.29) is 17.1 Å². The number of nitrogens with zero attached hydrogens (tertiary/aromatic N) is 1. The van der Waals surface area contributed by atoms with Crippen LogP contribution in [-0.2, 0) is 21.4 Å². The van der Waals surface area contributed by atoms with E-state index >= 15 is 0 Å². The highest BCUT2D eigenvalue weighted by Crippen LogP contribution is 2.25. The number of benzene rings is 3. The van der Waals surface area contributed by atoms with E-state index in [9.17, 15) is 13.2 Å². The van der Waals surface area contributed by atoms with E-state index in [0.29, 0.717) is 11.4 Å². The first-order valence-electron chi connectivity index (χ1n) is 8.86. The number of hydrogen-bond donors (Lipinski definition) is 0. The van der Waals surface area contributed by atoms with Crippen molar-refractivity contribution in [3.63, 3.8) is 0 Å². The normalized spacial score (nSPS) is 11.0. The van der Waals surface area contributed by atoms with Crippen molar-refractivity contribution in [2.75, 3.05) is 18.5 Å². The van der Waals surface area contributed by atoms with E-state index in [1.165, 1.54) is 38.4 Å². The van der Waals surface area contributed by atoms with E-state index < -0.39 is 16.0 Å². The molecule has 0 aliphatic rings. The summed E-state index contributed by atoms with van der Waals surface area (Å²) in [5.41, 5.74) is 1.50. The maximum Gasteiger partial charge on any atom is 0.338 e. The van der Waals surface area contributed by atoms with Crippen molar-refractivity contribution in [2.24, 2.45) is 0 Å². The van der Waals surface area contributed by atoms with Crippen LogP contribution in [0.5, 0.6) is 5.75 Å². The van der Waals surface area contributed by atoms with Crippen LogP contribution in [0.15, 0.2) is 83.8 Å². The van der Waals surface area contributed by atoms with E-state index in [4.69, 9.17) is 9.47 Å². The second-order valence-corrected chi connectivity index (χ2v) is 8.23. The molecular weight excluding hydrogens is 390 g/mol. The van der Waals surface area contributed by atoms with Gasteiger partial charge in [-0.15, -0.1) is 0 Å². The molecule has 0 saturated heterocycles. The number of ether oxygens (including phenoxy) is 2. The molecule has 3 aromatic rings. The van der Waals surface area contributed by atoms with Crippen molar-refractivity contribution >= 4 is 21.7 Å². The molecule has 3 aromatic carbocycles. The van der Waals surface area contributed by atoms with E-state index in [2.05, 4.69) is 0 Å². The Balaban J connectivity index is 1.78. The van der Waals surface area contributed by atoms with Gasteiger partial charge < -0.3 is 9.47 Å². The fourth-order valence-electron chi connectivity index (χ4n) is 2.68. The molecule has 7 heteroatoms. The van der Waals surface area contributed by atoms with Gasteiger partial charge in [0.1, 0.15) is 12.4 Å². The molecule has 0 bridgehead atoms. The van der Waals surface area contributed by atoms with Crippen molar-refractivity contribution in [1.82, 2.24) is 0 Å². The SMILES string of the molecule is COc1ccc(N(C)S(=O)(=O)c2cccc(C(=O)OCc3ccccc3)c2)cc1. The van der Waals surface area contributed by atoms with Crippen molar-refractivity contribution in [3.8, 4) is 5.75 Å². The number of sulfonamides is 1. The largest absolute Gasteiger partial charge is 0.497 e. The van der Waals surface area contributed by atoms with Gasteiger partial charge in [0.15, 0.2) is 0 Å². The molecule has 150 valence electrons. The Labute approximate surface area is 170 Å². The molecule has 0 radical (unpaired) electrons. The highest BCUT2D eigenvalue weighted by Gasteiger charge is 2.23. The minimum atomic E-state index is -3.85. The zero-order chi connectivity index (χ0) is 20.9. The Morgan fingerprint density at radius 2 is 1.62 bits per heavy atom. The molecule has 3 rings (SSSR count). The molecule has 29 heavy (non-hydrogen) atoms. The lowest BCUT2D eigenvalue weighted by atomic mass is 10.2. The van der Waals surface area contributed by atoms with Crippen LogP contribution < -0.4 is 9.04 Å².